The Balaban J connectivity index is 2.85. The summed E-state index contributed by atoms with van der Waals surface area (Å²) in [6.45, 7) is 0. The topological polar surface area (TPSA) is 99.3 Å². The van der Waals surface area contributed by atoms with E-state index < -0.39 is 5.97 Å². The van der Waals surface area contributed by atoms with E-state index in [1.54, 1.807) is 0 Å². The fourth-order valence-corrected chi connectivity index (χ4v) is 1.32. The zero-order valence-electron chi connectivity index (χ0n) is 5.40. The number of nitrogens with two attached hydrogens (primary N) is 1. The average molecular weight is 173 g/mol. The monoisotopic (exact) mass is 173 g/mol. The number of anilines is 1. The van der Waals surface area contributed by atoms with Gasteiger partial charge in [0.25, 0.3) is 0 Å². The van der Waals surface area contributed by atoms with Crippen molar-refractivity contribution in [3.05, 3.63) is 4.88 Å². The first-order chi connectivity index (χ1) is 5.09. The van der Waals surface area contributed by atoms with Crippen molar-refractivity contribution in [1.29, 1.82) is 0 Å². The number of rotatable bonds is 2. The van der Waals surface area contributed by atoms with Gasteiger partial charge in [0.05, 0.1) is 4.88 Å². The lowest BCUT2D eigenvalue weighted by atomic mass is 10.4. The first-order valence-corrected chi connectivity index (χ1v) is 3.55. The van der Waals surface area contributed by atoms with Gasteiger partial charge in [0.2, 0.25) is 5.88 Å². The molecule has 0 aliphatic carbocycles. The van der Waals surface area contributed by atoms with Crippen LogP contribution in [-0.4, -0.2) is 16.1 Å². The average Bonchev–Trinajstić information content (AvgIpc) is 2.09. The summed E-state index contributed by atoms with van der Waals surface area (Å²) < 4.78 is 0. The molecule has 1 heterocycles. The summed E-state index contributed by atoms with van der Waals surface area (Å²) in [5.41, 5.74) is 5.19. The second-order valence-electron chi connectivity index (χ2n) is 1.85. The Hall–Kier alpha value is -1.30. The third-order valence-electron chi connectivity index (χ3n) is 0.998. The van der Waals surface area contributed by atoms with Crippen LogP contribution in [0.15, 0.2) is 0 Å². The zero-order chi connectivity index (χ0) is 8.43. The third kappa shape index (κ3) is 1.81. The molecule has 1 aromatic heterocycles. The quantitative estimate of drug-likeness (QED) is 0.580. The fraction of sp³-hybridized carbons (Fsp3) is 0.200. The van der Waals surface area contributed by atoms with E-state index in [0.29, 0.717) is 0 Å². The van der Waals surface area contributed by atoms with Crippen LogP contribution in [-0.2, 0) is 11.2 Å². The van der Waals surface area contributed by atoms with Gasteiger partial charge in [0.1, 0.15) is 0 Å². The molecule has 6 heteroatoms. The highest BCUT2D eigenvalue weighted by Crippen LogP contribution is 2.25. The molecular weight excluding hydrogens is 168 g/mol. The number of carboxylic acids is 1. The molecule has 0 radical (unpaired) electrons. The third-order valence-corrected chi connectivity index (χ3v) is 1.87. The second-order valence-corrected chi connectivity index (χ2v) is 2.96. The Morgan fingerprint density at radius 3 is 2.82 bits per heavy atom. The van der Waals surface area contributed by atoms with Gasteiger partial charge < -0.3 is 20.7 Å². The maximum Gasteiger partial charge on any atom is 0.227 e. The minimum Gasteiger partial charge on any atom is -0.550 e. The SMILES string of the molecule is Nc1nc(O)c(CC(=O)[O-])s1. The Labute approximate surface area is 66.1 Å². The first kappa shape index (κ1) is 7.80. The first-order valence-electron chi connectivity index (χ1n) is 2.73. The van der Waals surface area contributed by atoms with Crippen LogP contribution in [0.3, 0.4) is 0 Å². The molecule has 0 atom stereocenters. The normalized spacial score (nSPS) is 9.82. The van der Waals surface area contributed by atoms with Crippen molar-refractivity contribution in [3.63, 3.8) is 0 Å². The van der Waals surface area contributed by atoms with E-state index in [-0.39, 0.29) is 22.3 Å². The van der Waals surface area contributed by atoms with Crippen molar-refractivity contribution < 1.29 is 15.0 Å². The van der Waals surface area contributed by atoms with Crippen LogP contribution in [0.25, 0.3) is 0 Å². The molecule has 0 unspecified atom stereocenters. The highest BCUT2D eigenvalue weighted by molar-refractivity contribution is 7.15. The Morgan fingerprint density at radius 1 is 1.82 bits per heavy atom. The number of thiazole rings is 1. The smallest absolute Gasteiger partial charge is 0.227 e. The van der Waals surface area contributed by atoms with Gasteiger partial charge >= 0.3 is 0 Å². The van der Waals surface area contributed by atoms with Crippen LogP contribution >= 0.6 is 11.3 Å². The number of carboxylic acid groups (broad SMARTS) is 1. The fourth-order valence-electron chi connectivity index (χ4n) is 0.608. The van der Waals surface area contributed by atoms with Gasteiger partial charge in [-0.2, -0.15) is 4.98 Å². The van der Waals surface area contributed by atoms with Crippen molar-refractivity contribution in [2.45, 2.75) is 6.42 Å². The van der Waals surface area contributed by atoms with Gasteiger partial charge in [-0.15, -0.1) is 0 Å². The lowest BCUT2D eigenvalue weighted by Crippen LogP contribution is -2.23. The number of aliphatic carboxylic acids is 1. The number of hydrogen-bond donors (Lipinski definition) is 2. The molecule has 0 saturated carbocycles. The van der Waals surface area contributed by atoms with E-state index in [0.717, 1.165) is 11.3 Å². The van der Waals surface area contributed by atoms with E-state index in [2.05, 4.69) is 4.98 Å². The molecule has 5 nitrogen and oxygen atoms in total. The van der Waals surface area contributed by atoms with Crippen LogP contribution in [0.5, 0.6) is 5.88 Å². The van der Waals surface area contributed by atoms with Gasteiger partial charge in [-0.3, -0.25) is 0 Å². The molecule has 1 aromatic rings. The summed E-state index contributed by atoms with van der Waals surface area (Å²) in [4.78, 5) is 13.7. The van der Waals surface area contributed by atoms with Gasteiger partial charge in [-0.05, 0) is 0 Å². The van der Waals surface area contributed by atoms with E-state index in [1.165, 1.54) is 0 Å². The molecular formula is C5H5N2O3S-. The van der Waals surface area contributed by atoms with E-state index in [9.17, 15) is 9.90 Å². The molecule has 0 bridgehead atoms. The summed E-state index contributed by atoms with van der Waals surface area (Å²) in [5.74, 6) is -1.58. The van der Waals surface area contributed by atoms with Crippen LogP contribution < -0.4 is 10.8 Å². The minimum absolute atomic E-state index is 0.152. The molecule has 0 aromatic carbocycles. The van der Waals surface area contributed by atoms with Crippen molar-refractivity contribution in [3.8, 4) is 5.88 Å². The summed E-state index contributed by atoms with van der Waals surface area (Å²) in [6.07, 6.45) is -0.347. The maximum absolute atomic E-state index is 10.0. The molecule has 0 spiro atoms. The van der Waals surface area contributed by atoms with Crippen LogP contribution in [0, 0.1) is 0 Å². The highest BCUT2D eigenvalue weighted by Gasteiger charge is 2.07. The van der Waals surface area contributed by atoms with E-state index >= 15 is 0 Å². The summed E-state index contributed by atoms with van der Waals surface area (Å²) in [6, 6.07) is 0. The number of hydrogen-bond acceptors (Lipinski definition) is 6. The molecule has 0 amide bonds. The Morgan fingerprint density at radius 2 is 2.45 bits per heavy atom. The van der Waals surface area contributed by atoms with Crippen LogP contribution in [0.1, 0.15) is 4.88 Å². The van der Waals surface area contributed by atoms with Crippen molar-refractivity contribution in [2.75, 3.05) is 5.73 Å². The minimum atomic E-state index is -1.26. The number of aromatic hydroxyl groups is 1. The summed E-state index contributed by atoms with van der Waals surface area (Å²) in [7, 11) is 0. The predicted molar refractivity (Wildman–Crippen MR) is 36.9 cm³/mol. The Kier molecular flexibility index (Phi) is 1.95. The highest BCUT2D eigenvalue weighted by atomic mass is 32.1. The Bertz CT molecular complexity index is 283. The maximum atomic E-state index is 10.0. The molecule has 1 rings (SSSR count). The number of carbonyl (C=O) groups excluding carboxylic acids is 1. The van der Waals surface area contributed by atoms with Gasteiger partial charge in [-0.25, -0.2) is 0 Å². The van der Waals surface area contributed by atoms with Gasteiger partial charge in [0.15, 0.2) is 5.13 Å². The molecule has 0 aliphatic heterocycles. The number of nitrogen functional groups attached to an aromatic ring is 1. The molecule has 0 aliphatic rings. The largest absolute Gasteiger partial charge is 0.550 e. The standard InChI is InChI=1S/C5H6N2O3S/c6-5-7-4(10)2(11-5)1-3(8)9/h10H,1H2,(H2,6,7)(H,8,9)/p-1. The van der Waals surface area contributed by atoms with E-state index in [1.807, 2.05) is 0 Å². The van der Waals surface area contributed by atoms with E-state index in [4.69, 9.17) is 10.8 Å². The molecule has 0 fully saturated rings. The lowest BCUT2D eigenvalue weighted by Gasteiger charge is -1.96. The summed E-state index contributed by atoms with van der Waals surface area (Å²) >= 11 is 0.939. The van der Waals surface area contributed by atoms with Crippen LogP contribution in [0.4, 0.5) is 5.13 Å². The number of nitrogens with zero attached hydrogens (tertiary/aromatic N) is 1. The van der Waals surface area contributed by atoms with Crippen molar-refractivity contribution in [1.82, 2.24) is 4.98 Å². The summed E-state index contributed by atoms with van der Waals surface area (Å²) in [5, 5.41) is 19.1. The lowest BCUT2D eigenvalue weighted by molar-refractivity contribution is -0.304. The zero-order valence-corrected chi connectivity index (χ0v) is 6.22. The number of aromatic nitrogens is 1. The molecule has 60 valence electrons. The number of carbonyl (C=O) groups is 1. The molecule has 3 N–H and O–H groups in total. The van der Waals surface area contributed by atoms with Crippen LogP contribution in [0.2, 0.25) is 0 Å². The predicted octanol–water partition coefficient (Wildman–Crippen LogP) is -1.28. The van der Waals surface area contributed by atoms with Crippen molar-refractivity contribution >= 4 is 22.4 Å². The van der Waals surface area contributed by atoms with Gasteiger partial charge in [0, 0.05) is 12.4 Å². The second kappa shape index (κ2) is 2.75. The molecule has 11 heavy (non-hydrogen) atoms. The molecule has 0 saturated heterocycles. The van der Waals surface area contributed by atoms with Crippen molar-refractivity contribution in [2.24, 2.45) is 0 Å². The van der Waals surface area contributed by atoms with Gasteiger partial charge in [-0.1, -0.05) is 11.3 Å².